The van der Waals surface area contributed by atoms with E-state index in [1.807, 2.05) is 12.2 Å². The molecule has 0 heterocycles. The van der Waals surface area contributed by atoms with Gasteiger partial charge in [-0.1, -0.05) is 91.0 Å². The van der Waals surface area contributed by atoms with Gasteiger partial charge in [0.1, 0.15) is 0 Å². The van der Waals surface area contributed by atoms with Gasteiger partial charge in [0, 0.05) is 0 Å². The zero-order chi connectivity index (χ0) is 24.8. The summed E-state index contributed by atoms with van der Waals surface area (Å²) < 4.78 is 0. The van der Waals surface area contributed by atoms with Crippen LogP contribution in [-0.2, 0) is 6.42 Å². The number of aliphatic hydroxyl groups is 1. The van der Waals surface area contributed by atoms with Crippen molar-refractivity contribution in [3.05, 3.63) is 133 Å². The van der Waals surface area contributed by atoms with E-state index in [2.05, 4.69) is 109 Å². The minimum atomic E-state index is 0.0651. The maximum atomic E-state index is 8.99. The van der Waals surface area contributed by atoms with Crippen LogP contribution in [0.25, 0.3) is 64.6 Å². The Balaban J connectivity index is 1.60. The molecule has 37 heavy (non-hydrogen) atoms. The molecular formula is C36H26O. The van der Waals surface area contributed by atoms with Crippen LogP contribution in [0.5, 0.6) is 0 Å². The number of benzene rings is 7. The Kier molecular flexibility index (Phi) is 5.23. The number of hydrogen-bond acceptors (Lipinski definition) is 1. The van der Waals surface area contributed by atoms with Crippen LogP contribution in [0.3, 0.4) is 0 Å². The van der Waals surface area contributed by atoms with E-state index in [9.17, 15) is 0 Å². The zero-order valence-electron chi connectivity index (χ0n) is 20.5. The standard InChI is InChI=1S/C36H26O/c37-17-8-2-1-3-10-24-15-9-16-29-22-35-33-20-27-13-5-4-11-25(27)18-31(33)32-19-26-12-6-7-14-28(26)21-34(32)36(35)23-30(24)29/h1-9,11-16,18-23,37H,10,17H2/b3-1+,8-2+. The van der Waals surface area contributed by atoms with Crippen LogP contribution >= 0.6 is 0 Å². The van der Waals surface area contributed by atoms with Crippen molar-refractivity contribution in [2.75, 3.05) is 6.61 Å². The highest BCUT2D eigenvalue weighted by Crippen LogP contribution is 2.41. The average Bonchev–Trinajstić information content (AvgIpc) is 2.95. The summed E-state index contributed by atoms with van der Waals surface area (Å²) in [5.41, 5.74) is 1.31. The maximum Gasteiger partial charge on any atom is 0.0615 e. The van der Waals surface area contributed by atoms with E-state index < -0.39 is 0 Å². The third kappa shape index (κ3) is 3.67. The predicted molar refractivity (Wildman–Crippen MR) is 161 cm³/mol. The number of allylic oxidation sites excluding steroid dienone is 3. The molecule has 0 amide bonds. The fourth-order valence-corrected chi connectivity index (χ4v) is 5.80. The third-order valence-corrected chi connectivity index (χ3v) is 7.58. The number of rotatable bonds is 4. The van der Waals surface area contributed by atoms with E-state index in [4.69, 9.17) is 5.11 Å². The molecule has 1 N–H and O–H groups in total. The molecule has 1 nitrogen and oxygen atoms in total. The molecule has 0 aliphatic rings. The molecule has 0 bridgehead atoms. The van der Waals surface area contributed by atoms with Crippen molar-refractivity contribution in [1.29, 1.82) is 0 Å². The molecule has 176 valence electrons. The monoisotopic (exact) mass is 474 g/mol. The Hall–Kier alpha value is -4.46. The highest BCUT2D eigenvalue weighted by Gasteiger charge is 2.13. The lowest BCUT2D eigenvalue weighted by Gasteiger charge is -2.15. The van der Waals surface area contributed by atoms with Crippen molar-refractivity contribution < 1.29 is 5.11 Å². The third-order valence-electron chi connectivity index (χ3n) is 7.58. The van der Waals surface area contributed by atoms with Crippen molar-refractivity contribution >= 4 is 64.6 Å². The summed E-state index contributed by atoms with van der Waals surface area (Å²) in [4.78, 5) is 0. The van der Waals surface area contributed by atoms with Gasteiger partial charge in [-0.2, -0.15) is 0 Å². The van der Waals surface area contributed by atoms with Crippen molar-refractivity contribution in [3.63, 3.8) is 0 Å². The summed E-state index contributed by atoms with van der Waals surface area (Å²) in [7, 11) is 0. The van der Waals surface area contributed by atoms with Gasteiger partial charge in [0.2, 0.25) is 0 Å². The van der Waals surface area contributed by atoms with Crippen LogP contribution in [0.2, 0.25) is 0 Å². The Labute approximate surface area is 215 Å². The van der Waals surface area contributed by atoms with E-state index in [0.29, 0.717) is 0 Å². The van der Waals surface area contributed by atoms with Crippen LogP contribution in [0.15, 0.2) is 127 Å². The summed E-state index contributed by atoms with van der Waals surface area (Å²) in [6, 6.07) is 38.2. The zero-order valence-corrected chi connectivity index (χ0v) is 20.5. The topological polar surface area (TPSA) is 20.2 Å². The first-order chi connectivity index (χ1) is 18.3. The first-order valence-corrected chi connectivity index (χ1v) is 12.8. The van der Waals surface area contributed by atoms with Gasteiger partial charge in [-0.05, 0) is 113 Å². The lowest BCUT2D eigenvalue weighted by atomic mass is 9.88. The van der Waals surface area contributed by atoms with E-state index in [-0.39, 0.29) is 6.61 Å². The molecule has 7 aromatic carbocycles. The first-order valence-electron chi connectivity index (χ1n) is 12.8. The molecule has 0 atom stereocenters. The van der Waals surface area contributed by atoms with Gasteiger partial charge in [0.15, 0.2) is 0 Å². The van der Waals surface area contributed by atoms with Crippen LogP contribution in [0, 0.1) is 0 Å². The van der Waals surface area contributed by atoms with E-state index in [0.717, 1.165) is 6.42 Å². The lowest BCUT2D eigenvalue weighted by Crippen LogP contribution is -1.89. The maximum absolute atomic E-state index is 8.99. The molecule has 1 heteroatoms. The van der Waals surface area contributed by atoms with Gasteiger partial charge >= 0.3 is 0 Å². The van der Waals surface area contributed by atoms with Gasteiger partial charge in [-0.15, -0.1) is 0 Å². The van der Waals surface area contributed by atoms with E-state index in [1.54, 1.807) is 6.08 Å². The molecule has 7 rings (SSSR count). The SMILES string of the molecule is OC/C=C/C=C/Cc1cccc2cc3c4cc5ccccc5cc4c4cc5ccccc5cc4c3cc12. The van der Waals surface area contributed by atoms with Crippen LogP contribution < -0.4 is 0 Å². The molecule has 0 saturated heterocycles. The van der Waals surface area contributed by atoms with Gasteiger partial charge in [0.25, 0.3) is 0 Å². The minimum absolute atomic E-state index is 0.0651. The molecule has 0 fully saturated rings. The quantitative estimate of drug-likeness (QED) is 0.153. The van der Waals surface area contributed by atoms with Gasteiger partial charge < -0.3 is 5.11 Å². The molecule has 7 aromatic rings. The van der Waals surface area contributed by atoms with Gasteiger partial charge in [-0.3, -0.25) is 0 Å². The smallest absolute Gasteiger partial charge is 0.0615 e. The Morgan fingerprint density at radius 2 is 0.865 bits per heavy atom. The highest BCUT2D eigenvalue weighted by atomic mass is 16.2. The second-order valence-corrected chi connectivity index (χ2v) is 9.77. The number of fused-ring (bicyclic) bond motifs is 9. The summed E-state index contributed by atoms with van der Waals surface area (Å²) >= 11 is 0. The Morgan fingerprint density at radius 1 is 0.432 bits per heavy atom. The molecular weight excluding hydrogens is 448 g/mol. The molecule has 0 radical (unpaired) electrons. The van der Waals surface area contributed by atoms with Crippen LogP contribution in [0.4, 0.5) is 0 Å². The van der Waals surface area contributed by atoms with Crippen molar-refractivity contribution in [1.82, 2.24) is 0 Å². The molecule has 0 aromatic heterocycles. The first kappa shape index (κ1) is 21.8. The van der Waals surface area contributed by atoms with Crippen molar-refractivity contribution in [2.45, 2.75) is 6.42 Å². The molecule has 0 spiro atoms. The molecule has 0 saturated carbocycles. The largest absolute Gasteiger partial charge is 0.392 e. The number of hydrogen-bond donors (Lipinski definition) is 1. The van der Waals surface area contributed by atoms with Gasteiger partial charge in [0.05, 0.1) is 6.61 Å². The lowest BCUT2D eigenvalue weighted by molar-refractivity contribution is 0.343. The minimum Gasteiger partial charge on any atom is -0.392 e. The van der Waals surface area contributed by atoms with Gasteiger partial charge in [-0.25, -0.2) is 0 Å². The van der Waals surface area contributed by atoms with Crippen molar-refractivity contribution in [2.24, 2.45) is 0 Å². The fraction of sp³-hybridized carbons (Fsp3) is 0.0556. The average molecular weight is 475 g/mol. The highest BCUT2D eigenvalue weighted by molar-refractivity contribution is 6.30. The molecule has 0 aliphatic carbocycles. The van der Waals surface area contributed by atoms with E-state index >= 15 is 0 Å². The Morgan fingerprint density at radius 3 is 1.38 bits per heavy atom. The Bertz CT molecular complexity index is 2000. The van der Waals surface area contributed by atoms with Crippen molar-refractivity contribution in [3.8, 4) is 0 Å². The second kappa shape index (κ2) is 8.89. The normalized spacial score (nSPS) is 12.5. The molecule has 0 aliphatic heterocycles. The summed E-state index contributed by atoms with van der Waals surface area (Å²) in [5, 5.41) is 24.4. The number of aliphatic hydroxyl groups excluding tert-OH is 1. The fourth-order valence-electron chi connectivity index (χ4n) is 5.80. The van der Waals surface area contributed by atoms with Crippen LogP contribution in [0.1, 0.15) is 5.56 Å². The van der Waals surface area contributed by atoms with E-state index in [1.165, 1.54) is 70.2 Å². The summed E-state index contributed by atoms with van der Waals surface area (Å²) in [6.07, 6.45) is 8.66. The predicted octanol–water partition coefficient (Wildman–Crippen LogP) is 9.25. The second-order valence-electron chi connectivity index (χ2n) is 9.77. The summed E-state index contributed by atoms with van der Waals surface area (Å²) in [5.74, 6) is 0. The summed E-state index contributed by atoms with van der Waals surface area (Å²) in [6.45, 7) is 0.0651. The molecule has 0 unspecified atom stereocenters. The van der Waals surface area contributed by atoms with Crippen LogP contribution in [-0.4, -0.2) is 11.7 Å².